The number of anilines is 1. The van der Waals surface area contributed by atoms with Gasteiger partial charge in [-0.25, -0.2) is 0 Å². The molecule has 3 heterocycles. The Hall–Kier alpha value is -2.58. The second-order valence-electron chi connectivity index (χ2n) is 6.23. The highest BCUT2D eigenvalue weighted by Crippen LogP contribution is 2.26. The highest BCUT2D eigenvalue weighted by Gasteiger charge is 2.23. The predicted octanol–water partition coefficient (Wildman–Crippen LogP) is 3.45. The van der Waals surface area contributed by atoms with Gasteiger partial charge in [0.05, 0.1) is 24.7 Å². The molecule has 7 nitrogen and oxygen atoms in total. The highest BCUT2D eigenvalue weighted by atomic mass is 32.2. The van der Waals surface area contributed by atoms with Gasteiger partial charge in [-0.3, -0.25) is 9.36 Å². The number of ether oxygens (including phenoxy) is 1. The number of hydrogen-bond acceptors (Lipinski definition) is 6. The van der Waals surface area contributed by atoms with Crippen LogP contribution in [0.2, 0.25) is 0 Å². The van der Waals surface area contributed by atoms with Crippen molar-refractivity contribution in [2.24, 2.45) is 0 Å². The third-order valence-electron chi connectivity index (χ3n) is 4.26. The second kappa shape index (κ2) is 8.41. The summed E-state index contributed by atoms with van der Waals surface area (Å²) in [6.07, 6.45) is 3.81. The number of benzene rings is 1. The first kappa shape index (κ1) is 17.8. The van der Waals surface area contributed by atoms with Gasteiger partial charge in [0.1, 0.15) is 0 Å². The maximum atomic E-state index is 12.2. The first-order valence-corrected chi connectivity index (χ1v) is 9.84. The molecule has 0 radical (unpaired) electrons. The lowest BCUT2D eigenvalue weighted by molar-refractivity contribution is -0.113. The molecule has 1 N–H and O–H groups in total. The molecule has 1 aliphatic heterocycles. The molecule has 1 amide bonds. The Balaban J connectivity index is 1.47. The zero-order valence-corrected chi connectivity index (χ0v) is 15.5. The minimum atomic E-state index is -0.0857. The molecule has 0 aliphatic carbocycles. The Morgan fingerprint density at radius 2 is 2.11 bits per heavy atom. The maximum absolute atomic E-state index is 12.2. The van der Waals surface area contributed by atoms with Crippen molar-refractivity contribution in [1.82, 2.24) is 14.8 Å². The maximum Gasteiger partial charge on any atom is 0.234 e. The fourth-order valence-corrected chi connectivity index (χ4v) is 3.74. The van der Waals surface area contributed by atoms with Crippen LogP contribution in [-0.2, 0) is 16.1 Å². The molecule has 1 saturated heterocycles. The van der Waals surface area contributed by atoms with Gasteiger partial charge in [0, 0.05) is 12.3 Å². The van der Waals surface area contributed by atoms with Crippen molar-refractivity contribution in [1.29, 1.82) is 0 Å². The first-order valence-electron chi connectivity index (χ1n) is 8.86. The summed E-state index contributed by atoms with van der Waals surface area (Å²) in [5.74, 6) is 1.47. The van der Waals surface area contributed by atoms with Crippen molar-refractivity contribution in [3.63, 3.8) is 0 Å². The number of nitrogens with zero attached hydrogens (tertiary/aromatic N) is 3. The SMILES string of the molecule is O=C(CSc1nnc(-c2ccco2)n1CC1CCCO1)Nc1ccccc1. The van der Waals surface area contributed by atoms with Crippen LogP contribution in [0.1, 0.15) is 12.8 Å². The minimum Gasteiger partial charge on any atom is -0.461 e. The first-order chi connectivity index (χ1) is 13.3. The zero-order valence-electron chi connectivity index (χ0n) is 14.7. The number of rotatable bonds is 7. The molecule has 1 atom stereocenters. The molecule has 1 unspecified atom stereocenters. The minimum absolute atomic E-state index is 0.0857. The summed E-state index contributed by atoms with van der Waals surface area (Å²) in [4.78, 5) is 12.2. The van der Waals surface area contributed by atoms with Gasteiger partial charge < -0.3 is 14.5 Å². The largest absolute Gasteiger partial charge is 0.461 e. The summed E-state index contributed by atoms with van der Waals surface area (Å²) in [6, 6.07) is 13.1. The Kier molecular flexibility index (Phi) is 5.55. The van der Waals surface area contributed by atoms with E-state index < -0.39 is 0 Å². The van der Waals surface area contributed by atoms with E-state index in [1.165, 1.54) is 11.8 Å². The summed E-state index contributed by atoms with van der Waals surface area (Å²) >= 11 is 1.36. The number of carbonyl (C=O) groups excluding carboxylic acids is 1. The highest BCUT2D eigenvalue weighted by molar-refractivity contribution is 7.99. The molecule has 0 bridgehead atoms. The second-order valence-corrected chi connectivity index (χ2v) is 7.17. The normalized spacial score (nSPS) is 16.5. The molecule has 0 spiro atoms. The Morgan fingerprint density at radius 3 is 2.85 bits per heavy atom. The van der Waals surface area contributed by atoms with Gasteiger partial charge in [-0.2, -0.15) is 0 Å². The quantitative estimate of drug-likeness (QED) is 0.628. The molecular formula is C19H20N4O3S. The van der Waals surface area contributed by atoms with Crippen LogP contribution in [0.15, 0.2) is 58.3 Å². The van der Waals surface area contributed by atoms with Crippen molar-refractivity contribution in [2.75, 3.05) is 17.7 Å². The van der Waals surface area contributed by atoms with Gasteiger partial charge in [-0.05, 0) is 37.1 Å². The molecular weight excluding hydrogens is 364 g/mol. The lowest BCUT2D eigenvalue weighted by Gasteiger charge is -2.13. The molecule has 2 aromatic heterocycles. The Morgan fingerprint density at radius 1 is 1.22 bits per heavy atom. The van der Waals surface area contributed by atoms with Crippen LogP contribution in [0, 0.1) is 0 Å². The van der Waals surface area contributed by atoms with E-state index in [1.54, 1.807) is 6.26 Å². The average molecular weight is 384 g/mol. The van der Waals surface area contributed by atoms with E-state index in [0.717, 1.165) is 25.1 Å². The zero-order chi connectivity index (χ0) is 18.5. The van der Waals surface area contributed by atoms with Crippen LogP contribution in [0.4, 0.5) is 5.69 Å². The van der Waals surface area contributed by atoms with E-state index in [1.807, 2.05) is 47.0 Å². The molecule has 4 rings (SSSR count). The van der Waals surface area contributed by atoms with Crippen LogP contribution in [0.25, 0.3) is 11.6 Å². The van der Waals surface area contributed by atoms with E-state index in [2.05, 4.69) is 15.5 Å². The standard InChI is InChI=1S/C19H20N4O3S/c24-17(20-14-6-2-1-3-7-14)13-27-19-22-21-18(16-9-5-11-26-16)23(19)12-15-8-4-10-25-15/h1-3,5-7,9,11,15H,4,8,10,12-13H2,(H,20,24). The molecule has 1 fully saturated rings. The molecule has 1 aromatic carbocycles. The van der Waals surface area contributed by atoms with E-state index in [0.29, 0.717) is 23.3 Å². The topological polar surface area (TPSA) is 82.2 Å². The number of hydrogen-bond donors (Lipinski definition) is 1. The summed E-state index contributed by atoms with van der Waals surface area (Å²) in [6.45, 7) is 1.43. The third-order valence-corrected chi connectivity index (χ3v) is 5.23. The molecule has 27 heavy (non-hydrogen) atoms. The third kappa shape index (κ3) is 4.40. The van der Waals surface area contributed by atoms with E-state index in [-0.39, 0.29) is 17.8 Å². The summed E-state index contributed by atoms with van der Waals surface area (Å²) in [7, 11) is 0. The van der Waals surface area contributed by atoms with Crippen molar-refractivity contribution in [3.8, 4) is 11.6 Å². The number of carbonyl (C=O) groups is 1. The number of aromatic nitrogens is 3. The van der Waals surface area contributed by atoms with Gasteiger partial charge in [0.15, 0.2) is 10.9 Å². The number of para-hydroxylation sites is 1. The average Bonchev–Trinajstić information content (AvgIpc) is 3.44. The lowest BCUT2D eigenvalue weighted by Crippen LogP contribution is -2.18. The lowest BCUT2D eigenvalue weighted by atomic mass is 10.2. The van der Waals surface area contributed by atoms with Crippen molar-refractivity contribution in [2.45, 2.75) is 30.6 Å². The van der Waals surface area contributed by atoms with Gasteiger partial charge in [0.2, 0.25) is 11.7 Å². The van der Waals surface area contributed by atoms with E-state index in [9.17, 15) is 4.79 Å². The monoisotopic (exact) mass is 384 g/mol. The van der Waals surface area contributed by atoms with E-state index >= 15 is 0 Å². The molecule has 3 aromatic rings. The fourth-order valence-electron chi connectivity index (χ4n) is 2.99. The number of nitrogens with one attached hydrogen (secondary N) is 1. The van der Waals surface area contributed by atoms with Crippen molar-refractivity contribution < 1.29 is 13.9 Å². The van der Waals surface area contributed by atoms with Crippen LogP contribution < -0.4 is 5.32 Å². The Bertz CT molecular complexity index is 874. The molecule has 140 valence electrons. The molecule has 8 heteroatoms. The van der Waals surface area contributed by atoms with Crippen LogP contribution in [-0.4, -0.2) is 39.1 Å². The summed E-state index contributed by atoms with van der Waals surface area (Å²) < 4.78 is 13.2. The summed E-state index contributed by atoms with van der Waals surface area (Å²) in [5.41, 5.74) is 0.778. The Labute approximate surface area is 161 Å². The van der Waals surface area contributed by atoms with Crippen LogP contribution >= 0.6 is 11.8 Å². The van der Waals surface area contributed by atoms with Crippen molar-refractivity contribution in [3.05, 3.63) is 48.7 Å². The van der Waals surface area contributed by atoms with Crippen LogP contribution in [0.5, 0.6) is 0 Å². The van der Waals surface area contributed by atoms with E-state index in [4.69, 9.17) is 9.15 Å². The number of thioether (sulfide) groups is 1. The predicted molar refractivity (Wildman–Crippen MR) is 102 cm³/mol. The fraction of sp³-hybridized carbons (Fsp3) is 0.316. The summed E-state index contributed by atoms with van der Waals surface area (Å²) in [5, 5.41) is 12.1. The molecule has 0 saturated carbocycles. The number of amides is 1. The van der Waals surface area contributed by atoms with Crippen LogP contribution in [0.3, 0.4) is 0 Å². The molecule has 1 aliphatic rings. The smallest absolute Gasteiger partial charge is 0.234 e. The van der Waals surface area contributed by atoms with Crippen molar-refractivity contribution >= 4 is 23.4 Å². The van der Waals surface area contributed by atoms with Gasteiger partial charge in [0.25, 0.3) is 0 Å². The number of furan rings is 1. The van der Waals surface area contributed by atoms with Gasteiger partial charge in [-0.15, -0.1) is 10.2 Å². The van der Waals surface area contributed by atoms with Gasteiger partial charge in [-0.1, -0.05) is 30.0 Å². The van der Waals surface area contributed by atoms with Gasteiger partial charge >= 0.3 is 0 Å².